The van der Waals surface area contributed by atoms with Gasteiger partial charge in [0.25, 0.3) is 0 Å². The van der Waals surface area contributed by atoms with E-state index in [1.54, 1.807) is 13.4 Å². The highest BCUT2D eigenvalue weighted by atomic mass is 16.5. The number of nitrogens with one attached hydrogen (secondary N) is 1. The van der Waals surface area contributed by atoms with Crippen LogP contribution in [-0.4, -0.2) is 25.2 Å². The molecule has 96 valence electrons. The maximum Gasteiger partial charge on any atom is 0.226 e. The molecular weight excluding hydrogens is 230 g/mol. The largest absolute Gasteiger partial charge is 0.469 e. The van der Waals surface area contributed by atoms with Gasteiger partial charge in [0.2, 0.25) is 5.91 Å². The van der Waals surface area contributed by atoms with Gasteiger partial charge in [0.05, 0.1) is 17.8 Å². The second-order valence-electron chi connectivity index (χ2n) is 5.88. The number of fused-ring (bicyclic) bond motifs is 1. The van der Waals surface area contributed by atoms with E-state index in [2.05, 4.69) is 5.32 Å². The Hall–Kier alpha value is -1.29. The van der Waals surface area contributed by atoms with Gasteiger partial charge in [0.1, 0.15) is 5.76 Å². The molecule has 1 heterocycles. The Kier molecular flexibility index (Phi) is 1.99. The van der Waals surface area contributed by atoms with E-state index >= 15 is 0 Å². The molecule has 0 aromatic carbocycles. The summed E-state index contributed by atoms with van der Waals surface area (Å²) in [5.41, 5.74) is -0.0724. The van der Waals surface area contributed by atoms with Crippen LogP contribution in [0, 0.1) is 11.3 Å². The first-order chi connectivity index (χ1) is 8.74. The molecule has 0 saturated heterocycles. The van der Waals surface area contributed by atoms with Crippen LogP contribution in [0.15, 0.2) is 22.8 Å². The molecule has 0 bridgehead atoms. The van der Waals surface area contributed by atoms with Crippen LogP contribution in [0.1, 0.15) is 30.9 Å². The summed E-state index contributed by atoms with van der Waals surface area (Å²) in [6.07, 6.45) is 4.93. The number of carbonyl (C=O) groups excluding carboxylic acids is 1. The lowest BCUT2D eigenvalue weighted by molar-refractivity contribution is -0.134. The maximum atomic E-state index is 12.2. The summed E-state index contributed by atoms with van der Waals surface area (Å²) in [7, 11) is 1.73. The standard InChI is InChI=1S/C14H17NO3/c1-17-12-7-14(6-9(12)14)13(16)15-10-5-8(10)11-3-2-4-18-11/h2-4,8-10,12H,5-7H2,1H3,(H,15,16)/t8-,9+,10-,12-,14+/m1/s1. The van der Waals surface area contributed by atoms with Crippen molar-refractivity contribution in [2.75, 3.05) is 7.11 Å². The van der Waals surface area contributed by atoms with E-state index in [4.69, 9.17) is 9.15 Å². The molecule has 3 aliphatic carbocycles. The van der Waals surface area contributed by atoms with Crippen molar-refractivity contribution in [3.63, 3.8) is 0 Å². The van der Waals surface area contributed by atoms with Gasteiger partial charge in [0, 0.05) is 25.0 Å². The molecule has 3 saturated carbocycles. The summed E-state index contributed by atoms with van der Waals surface area (Å²) in [4.78, 5) is 12.2. The van der Waals surface area contributed by atoms with Gasteiger partial charge in [-0.1, -0.05) is 0 Å². The predicted molar refractivity (Wildman–Crippen MR) is 64.0 cm³/mol. The number of ether oxygens (including phenoxy) is 1. The second-order valence-corrected chi connectivity index (χ2v) is 5.88. The fraction of sp³-hybridized carbons (Fsp3) is 0.643. The number of amides is 1. The molecule has 0 radical (unpaired) electrons. The van der Waals surface area contributed by atoms with Crippen LogP contribution in [0.3, 0.4) is 0 Å². The third-order valence-corrected chi connectivity index (χ3v) is 4.92. The molecule has 5 atom stereocenters. The summed E-state index contributed by atoms with van der Waals surface area (Å²) in [5, 5.41) is 3.17. The number of hydrogen-bond acceptors (Lipinski definition) is 3. The highest BCUT2D eigenvalue weighted by Crippen LogP contribution is 2.68. The Morgan fingerprint density at radius 3 is 3.11 bits per heavy atom. The van der Waals surface area contributed by atoms with Gasteiger partial charge in [-0.25, -0.2) is 0 Å². The number of methoxy groups -OCH3 is 1. The summed E-state index contributed by atoms with van der Waals surface area (Å²) >= 11 is 0. The Morgan fingerprint density at radius 2 is 2.44 bits per heavy atom. The van der Waals surface area contributed by atoms with Gasteiger partial charge in [-0.3, -0.25) is 4.79 Å². The van der Waals surface area contributed by atoms with Crippen molar-refractivity contribution in [1.29, 1.82) is 0 Å². The van der Waals surface area contributed by atoms with E-state index < -0.39 is 0 Å². The monoisotopic (exact) mass is 247 g/mol. The Balaban J connectivity index is 1.34. The average Bonchev–Trinajstić information content (AvgIpc) is 3.14. The number of furan rings is 1. The lowest BCUT2D eigenvalue weighted by Gasteiger charge is -2.32. The lowest BCUT2D eigenvalue weighted by atomic mass is 9.81. The summed E-state index contributed by atoms with van der Waals surface area (Å²) in [6, 6.07) is 4.16. The SMILES string of the molecule is CO[C@@H]1C[C@@]2(C(=O)N[C@@H]3C[C@H]3c3ccco3)C[C@@H]12. The number of hydrogen-bond donors (Lipinski definition) is 1. The first kappa shape index (κ1) is 10.6. The van der Waals surface area contributed by atoms with Crippen molar-refractivity contribution in [2.45, 2.75) is 37.3 Å². The van der Waals surface area contributed by atoms with E-state index in [-0.39, 0.29) is 17.4 Å². The summed E-state index contributed by atoms with van der Waals surface area (Å²) in [6.45, 7) is 0. The quantitative estimate of drug-likeness (QED) is 0.880. The molecule has 0 spiro atoms. The third kappa shape index (κ3) is 1.32. The number of rotatable bonds is 4. The van der Waals surface area contributed by atoms with E-state index in [1.807, 2.05) is 12.1 Å². The van der Waals surface area contributed by atoms with Crippen molar-refractivity contribution in [3.05, 3.63) is 24.2 Å². The molecule has 1 aromatic rings. The molecule has 1 aromatic heterocycles. The van der Waals surface area contributed by atoms with Crippen LogP contribution in [0.25, 0.3) is 0 Å². The fourth-order valence-corrected chi connectivity index (χ4v) is 3.48. The normalized spacial score (nSPS) is 43.8. The zero-order valence-electron chi connectivity index (χ0n) is 10.4. The Labute approximate surface area is 106 Å². The fourth-order valence-electron chi connectivity index (χ4n) is 3.48. The van der Waals surface area contributed by atoms with Crippen LogP contribution in [-0.2, 0) is 9.53 Å². The molecule has 4 rings (SSSR count). The molecule has 3 fully saturated rings. The second kappa shape index (κ2) is 3.38. The number of carbonyl (C=O) groups is 1. The van der Waals surface area contributed by atoms with Gasteiger partial charge < -0.3 is 14.5 Å². The first-order valence-electron chi connectivity index (χ1n) is 6.62. The van der Waals surface area contributed by atoms with Gasteiger partial charge in [0.15, 0.2) is 0 Å². The maximum absolute atomic E-state index is 12.2. The highest BCUT2D eigenvalue weighted by molar-refractivity contribution is 5.88. The van der Waals surface area contributed by atoms with E-state index in [0.717, 1.165) is 25.0 Å². The van der Waals surface area contributed by atoms with Crippen LogP contribution < -0.4 is 5.32 Å². The third-order valence-electron chi connectivity index (χ3n) is 4.92. The molecule has 4 heteroatoms. The van der Waals surface area contributed by atoms with Crippen LogP contribution in [0.5, 0.6) is 0 Å². The van der Waals surface area contributed by atoms with E-state index in [9.17, 15) is 4.79 Å². The van der Waals surface area contributed by atoms with Gasteiger partial charge in [-0.15, -0.1) is 0 Å². The van der Waals surface area contributed by atoms with Crippen molar-refractivity contribution in [2.24, 2.45) is 11.3 Å². The molecule has 4 nitrogen and oxygen atoms in total. The molecule has 3 aliphatic rings. The van der Waals surface area contributed by atoms with Gasteiger partial charge in [-0.2, -0.15) is 0 Å². The molecule has 18 heavy (non-hydrogen) atoms. The van der Waals surface area contributed by atoms with Crippen molar-refractivity contribution in [3.8, 4) is 0 Å². The topological polar surface area (TPSA) is 51.5 Å². The average molecular weight is 247 g/mol. The minimum absolute atomic E-state index is 0.0724. The zero-order chi connectivity index (χ0) is 12.3. The zero-order valence-corrected chi connectivity index (χ0v) is 10.4. The van der Waals surface area contributed by atoms with Crippen molar-refractivity contribution < 1.29 is 13.9 Å². The van der Waals surface area contributed by atoms with Crippen molar-refractivity contribution >= 4 is 5.91 Å². The molecule has 1 amide bonds. The molecule has 0 aliphatic heterocycles. The summed E-state index contributed by atoms with van der Waals surface area (Å²) in [5.74, 6) is 2.09. The van der Waals surface area contributed by atoms with E-state index in [1.165, 1.54) is 0 Å². The molecule has 0 unspecified atom stereocenters. The minimum Gasteiger partial charge on any atom is -0.469 e. The van der Waals surface area contributed by atoms with Crippen LogP contribution in [0.4, 0.5) is 0 Å². The Bertz CT molecular complexity index is 483. The smallest absolute Gasteiger partial charge is 0.226 e. The van der Waals surface area contributed by atoms with Crippen LogP contribution >= 0.6 is 0 Å². The van der Waals surface area contributed by atoms with Gasteiger partial charge in [-0.05, 0) is 31.4 Å². The molecular formula is C14H17NO3. The Morgan fingerprint density at radius 1 is 1.56 bits per heavy atom. The predicted octanol–water partition coefficient (Wildman–Crippen LogP) is 1.68. The lowest BCUT2D eigenvalue weighted by Crippen LogP contribution is -2.45. The molecule has 1 N–H and O–H groups in total. The first-order valence-corrected chi connectivity index (χ1v) is 6.62. The minimum atomic E-state index is -0.0724. The highest BCUT2D eigenvalue weighted by Gasteiger charge is 2.72. The van der Waals surface area contributed by atoms with Crippen LogP contribution in [0.2, 0.25) is 0 Å². The van der Waals surface area contributed by atoms with Crippen molar-refractivity contribution in [1.82, 2.24) is 5.32 Å². The van der Waals surface area contributed by atoms with E-state index in [0.29, 0.717) is 17.9 Å². The summed E-state index contributed by atoms with van der Waals surface area (Å²) < 4.78 is 10.7. The van der Waals surface area contributed by atoms with Gasteiger partial charge >= 0.3 is 0 Å².